The van der Waals surface area contributed by atoms with Crippen LogP contribution in [0.5, 0.6) is 0 Å². The zero-order chi connectivity index (χ0) is 42.3. The Morgan fingerprint density at radius 1 is 0.387 bits per heavy atom. The largest absolute Gasteiger partial charge is 0.337 e. The Balaban J connectivity index is 1.12. The fourth-order valence-electron chi connectivity index (χ4n) is 8.41. The van der Waals surface area contributed by atoms with E-state index in [9.17, 15) is 0 Å². The zero-order valence-corrected chi connectivity index (χ0v) is 35.7. The average molecular weight is 805 g/mol. The first-order valence-corrected chi connectivity index (χ1v) is 21.6. The molecule has 0 saturated carbocycles. The summed E-state index contributed by atoms with van der Waals surface area (Å²) in [5, 5.41) is 0. The molecule has 4 nitrogen and oxygen atoms in total. The van der Waals surface area contributed by atoms with E-state index in [2.05, 4.69) is 271 Å². The van der Waals surface area contributed by atoms with Gasteiger partial charge in [0.25, 0.3) is 0 Å². The summed E-state index contributed by atoms with van der Waals surface area (Å²) in [7, 11) is 0. The number of nitrogens with zero attached hydrogens (tertiary/aromatic N) is 4. The van der Waals surface area contributed by atoms with Crippen molar-refractivity contribution in [3.05, 3.63) is 253 Å². The lowest BCUT2D eigenvalue weighted by Gasteiger charge is -2.31. The van der Waals surface area contributed by atoms with Crippen LogP contribution in [0, 0.1) is 19.8 Å². The summed E-state index contributed by atoms with van der Waals surface area (Å²) in [6.07, 6.45) is 7.98. The summed E-state index contributed by atoms with van der Waals surface area (Å²) in [6, 6.07) is 76.4. The summed E-state index contributed by atoms with van der Waals surface area (Å²) in [5.74, 6) is 0.472. The van der Waals surface area contributed by atoms with Gasteiger partial charge in [-0.2, -0.15) is 0 Å². The summed E-state index contributed by atoms with van der Waals surface area (Å²) in [6.45, 7) is 7.35. The first-order chi connectivity index (χ1) is 30.5. The third-order valence-electron chi connectivity index (χ3n) is 11.4. The van der Waals surface area contributed by atoms with Gasteiger partial charge in [0.1, 0.15) is 0 Å². The molecule has 0 heterocycles. The Morgan fingerprint density at radius 3 is 1.27 bits per heavy atom. The van der Waals surface area contributed by atoms with Crippen LogP contribution >= 0.6 is 0 Å². The van der Waals surface area contributed by atoms with Crippen LogP contribution in [0.3, 0.4) is 0 Å². The first-order valence-electron chi connectivity index (χ1n) is 21.6. The SMILES string of the molecule is Cc1cccc(N(Cc2ccccc2)c2ccc(N(c3ccc(N(C4=CC(C)CC=C4)c4ccccc4)cc3)c3ccc(N(c4ccccc4)c4cccc(C)c4)cc3)cc2)c1. The number of aryl methyl sites for hydroxylation is 2. The number of para-hydroxylation sites is 2. The second-order valence-corrected chi connectivity index (χ2v) is 16.2. The molecule has 304 valence electrons. The van der Waals surface area contributed by atoms with Gasteiger partial charge in [0, 0.05) is 69.1 Å². The molecule has 0 spiro atoms. The third-order valence-corrected chi connectivity index (χ3v) is 11.4. The highest BCUT2D eigenvalue weighted by Crippen LogP contribution is 2.42. The van der Waals surface area contributed by atoms with Crippen LogP contribution < -0.4 is 19.6 Å². The molecule has 1 aliphatic rings. The van der Waals surface area contributed by atoms with Gasteiger partial charge < -0.3 is 19.6 Å². The summed E-state index contributed by atoms with van der Waals surface area (Å²) < 4.78 is 0. The number of hydrogen-bond acceptors (Lipinski definition) is 4. The van der Waals surface area contributed by atoms with Crippen LogP contribution in [-0.2, 0) is 6.54 Å². The summed E-state index contributed by atoms with van der Waals surface area (Å²) >= 11 is 0. The van der Waals surface area contributed by atoms with Gasteiger partial charge in [0.05, 0.1) is 0 Å². The Labute approximate surface area is 367 Å². The lowest BCUT2D eigenvalue weighted by molar-refractivity contribution is 0.726. The Kier molecular flexibility index (Phi) is 11.8. The minimum absolute atomic E-state index is 0.472. The number of allylic oxidation sites excluding steroid dienone is 3. The molecule has 0 aliphatic heterocycles. The summed E-state index contributed by atoms with van der Waals surface area (Å²) in [4.78, 5) is 9.45. The standard InChI is InChI=1S/C58H52N4/c1-44-16-13-25-56(40-44)59(43-47-19-7-4-8-20-47)48-28-30-51(31-29-48)60(52-32-36-54(37-33-52)61(49-21-9-5-10-22-49)57-26-14-17-45(2)41-57)53-34-38-55(39-35-53)62(50-23-11-6-12-24-50)58-27-15-18-46(3)42-58/h4-17,19-42,46H,18,43H2,1-3H3. The van der Waals surface area contributed by atoms with Crippen LogP contribution in [0.25, 0.3) is 0 Å². The molecular weight excluding hydrogens is 753 g/mol. The quantitative estimate of drug-likeness (QED) is 0.115. The van der Waals surface area contributed by atoms with E-state index in [4.69, 9.17) is 0 Å². The molecule has 0 aromatic heterocycles. The lowest BCUT2D eigenvalue weighted by atomic mass is 10.00. The maximum Gasteiger partial charge on any atom is 0.0481 e. The van der Waals surface area contributed by atoms with Crippen molar-refractivity contribution >= 4 is 56.9 Å². The number of anilines is 10. The van der Waals surface area contributed by atoms with Crippen molar-refractivity contribution in [3.63, 3.8) is 0 Å². The predicted molar refractivity (Wildman–Crippen MR) is 264 cm³/mol. The maximum absolute atomic E-state index is 2.40. The van der Waals surface area contributed by atoms with Crippen LogP contribution in [0.4, 0.5) is 56.9 Å². The molecule has 0 N–H and O–H groups in total. The Bertz CT molecular complexity index is 2760. The lowest BCUT2D eigenvalue weighted by Crippen LogP contribution is -2.18. The molecular formula is C58H52N4. The van der Waals surface area contributed by atoms with Gasteiger partial charge in [-0.25, -0.2) is 0 Å². The topological polar surface area (TPSA) is 13.0 Å². The highest BCUT2D eigenvalue weighted by Gasteiger charge is 2.20. The minimum Gasteiger partial charge on any atom is -0.337 e. The molecule has 0 fully saturated rings. The Hall–Kier alpha value is -7.56. The van der Waals surface area contributed by atoms with Gasteiger partial charge in [-0.1, -0.05) is 110 Å². The molecule has 0 amide bonds. The van der Waals surface area contributed by atoms with Crippen molar-refractivity contribution in [2.75, 3.05) is 19.6 Å². The highest BCUT2D eigenvalue weighted by molar-refractivity contribution is 5.83. The molecule has 0 radical (unpaired) electrons. The van der Waals surface area contributed by atoms with E-state index in [-0.39, 0.29) is 0 Å². The van der Waals surface area contributed by atoms with E-state index in [0.717, 1.165) is 64.2 Å². The van der Waals surface area contributed by atoms with Crippen molar-refractivity contribution in [3.8, 4) is 0 Å². The average Bonchev–Trinajstić information content (AvgIpc) is 3.31. The molecule has 1 atom stereocenters. The van der Waals surface area contributed by atoms with Crippen molar-refractivity contribution in [2.45, 2.75) is 33.7 Å². The maximum atomic E-state index is 2.40. The second kappa shape index (κ2) is 18.4. The molecule has 8 aromatic rings. The van der Waals surface area contributed by atoms with Gasteiger partial charge in [-0.05, 0) is 170 Å². The van der Waals surface area contributed by atoms with Gasteiger partial charge >= 0.3 is 0 Å². The van der Waals surface area contributed by atoms with E-state index in [1.807, 2.05) is 0 Å². The van der Waals surface area contributed by atoms with Crippen LogP contribution in [0.1, 0.15) is 30.0 Å². The highest BCUT2D eigenvalue weighted by atomic mass is 15.2. The van der Waals surface area contributed by atoms with E-state index in [0.29, 0.717) is 5.92 Å². The number of hydrogen-bond donors (Lipinski definition) is 0. The molecule has 4 heteroatoms. The van der Waals surface area contributed by atoms with Crippen molar-refractivity contribution in [2.24, 2.45) is 5.92 Å². The van der Waals surface area contributed by atoms with Gasteiger partial charge in [-0.15, -0.1) is 0 Å². The van der Waals surface area contributed by atoms with Gasteiger partial charge in [0.15, 0.2) is 0 Å². The van der Waals surface area contributed by atoms with E-state index in [1.54, 1.807) is 0 Å². The number of benzene rings is 8. The minimum atomic E-state index is 0.472. The fraction of sp³-hybridized carbons (Fsp3) is 0.103. The normalized spacial score (nSPS) is 13.3. The molecule has 8 aromatic carbocycles. The first kappa shape index (κ1) is 39.9. The predicted octanol–water partition coefficient (Wildman–Crippen LogP) is 16.2. The van der Waals surface area contributed by atoms with E-state index >= 15 is 0 Å². The van der Waals surface area contributed by atoms with E-state index in [1.165, 1.54) is 28.1 Å². The molecule has 1 aliphatic carbocycles. The van der Waals surface area contributed by atoms with Crippen LogP contribution in [-0.4, -0.2) is 0 Å². The molecule has 1 unspecified atom stereocenters. The van der Waals surface area contributed by atoms with Gasteiger partial charge in [0.2, 0.25) is 0 Å². The van der Waals surface area contributed by atoms with E-state index < -0.39 is 0 Å². The van der Waals surface area contributed by atoms with Crippen LogP contribution in [0.2, 0.25) is 0 Å². The third kappa shape index (κ3) is 8.96. The van der Waals surface area contributed by atoms with Crippen molar-refractivity contribution < 1.29 is 0 Å². The van der Waals surface area contributed by atoms with Crippen molar-refractivity contribution in [1.29, 1.82) is 0 Å². The summed E-state index contributed by atoms with van der Waals surface area (Å²) in [5.41, 5.74) is 16.0. The fourth-order valence-corrected chi connectivity index (χ4v) is 8.41. The van der Waals surface area contributed by atoms with Crippen LogP contribution in [0.15, 0.2) is 236 Å². The Morgan fingerprint density at radius 2 is 0.774 bits per heavy atom. The molecule has 0 bridgehead atoms. The second-order valence-electron chi connectivity index (χ2n) is 16.2. The molecule has 9 rings (SSSR count). The number of rotatable bonds is 13. The van der Waals surface area contributed by atoms with Crippen molar-refractivity contribution in [1.82, 2.24) is 0 Å². The van der Waals surface area contributed by atoms with Gasteiger partial charge in [-0.3, -0.25) is 0 Å². The molecule has 0 saturated heterocycles. The molecule has 62 heavy (non-hydrogen) atoms. The smallest absolute Gasteiger partial charge is 0.0481 e. The zero-order valence-electron chi connectivity index (χ0n) is 35.7. The monoisotopic (exact) mass is 804 g/mol.